The Morgan fingerprint density at radius 3 is 2.70 bits per heavy atom. The number of piperazine rings is 1. The molecule has 0 radical (unpaired) electrons. The fourth-order valence-corrected chi connectivity index (χ4v) is 5.91. The Labute approximate surface area is 195 Å². The Balaban J connectivity index is 1.48. The van der Waals surface area contributed by atoms with Gasteiger partial charge in [0.1, 0.15) is 12.4 Å². The van der Waals surface area contributed by atoms with E-state index in [1.165, 1.54) is 13.8 Å². The minimum absolute atomic E-state index is 0.0928. The van der Waals surface area contributed by atoms with Crippen LogP contribution < -0.4 is 9.64 Å². The molecule has 158 valence electrons. The predicted molar refractivity (Wildman–Crippen MR) is 132 cm³/mol. The molecule has 1 aromatic heterocycles. The van der Waals surface area contributed by atoms with Crippen molar-refractivity contribution >= 4 is 55.6 Å². The van der Waals surface area contributed by atoms with Gasteiger partial charge in [0, 0.05) is 35.3 Å². The Hall–Kier alpha value is -1.71. The number of thiazole rings is 1. The molecule has 2 unspecified atom stereocenters. The van der Waals surface area contributed by atoms with Crippen LogP contribution in [0, 0.1) is 10.5 Å². The van der Waals surface area contributed by atoms with Crippen molar-refractivity contribution in [1.29, 1.82) is 0 Å². The molecule has 0 N–H and O–H groups in total. The monoisotopic (exact) mass is 535 g/mol. The molecular weight excluding hydrogens is 509 g/mol. The van der Waals surface area contributed by atoms with Gasteiger partial charge in [-0.15, -0.1) is 0 Å². The summed E-state index contributed by atoms with van der Waals surface area (Å²) in [5.41, 5.74) is 3.45. The normalized spacial score (nSPS) is 19.9. The smallest absolute Gasteiger partial charge is 0.186 e. The lowest BCUT2D eigenvalue weighted by Crippen LogP contribution is -2.56. The molecule has 1 saturated heterocycles. The Bertz CT molecular complexity index is 1040. The van der Waals surface area contributed by atoms with Crippen LogP contribution in [0.15, 0.2) is 36.4 Å². The second kappa shape index (κ2) is 9.20. The standard InChI is InChI=1S/C23H26IN3O2S/c1-15-8-18(10-20(9-15)29-7-6-28)14-27-16(2)12-26(13-17(27)3)23-25-21-5-4-19(24)11-22(21)30-23/h4-6,8-11,16-17H,7,12-14H2,1-3H3. The number of carbonyl (C=O) groups is 1. The zero-order valence-corrected chi connectivity index (χ0v) is 20.4. The average Bonchev–Trinajstić information content (AvgIpc) is 3.12. The lowest BCUT2D eigenvalue weighted by molar-refractivity contribution is -0.109. The number of aromatic nitrogens is 1. The number of aldehydes is 1. The molecule has 7 heteroatoms. The molecule has 2 heterocycles. The lowest BCUT2D eigenvalue weighted by Gasteiger charge is -2.44. The second-order valence-corrected chi connectivity index (χ2v) is 10.3. The van der Waals surface area contributed by atoms with Crippen molar-refractivity contribution in [3.63, 3.8) is 0 Å². The SMILES string of the molecule is Cc1cc(CN2C(C)CN(c3nc4ccc(I)cc4s3)CC2C)cc(OCC=O)c1. The first-order valence-corrected chi connectivity index (χ1v) is 12.1. The summed E-state index contributed by atoms with van der Waals surface area (Å²) in [5, 5.41) is 1.12. The van der Waals surface area contributed by atoms with Crippen LogP contribution in [0.4, 0.5) is 5.13 Å². The van der Waals surface area contributed by atoms with Crippen LogP contribution in [0.25, 0.3) is 10.2 Å². The van der Waals surface area contributed by atoms with Crippen molar-refractivity contribution < 1.29 is 9.53 Å². The molecule has 1 fully saturated rings. The number of hydrogen-bond donors (Lipinski definition) is 0. The van der Waals surface area contributed by atoms with Gasteiger partial charge in [0.2, 0.25) is 0 Å². The predicted octanol–water partition coefficient (Wildman–Crippen LogP) is 4.89. The summed E-state index contributed by atoms with van der Waals surface area (Å²) in [6.07, 6.45) is 0.786. The van der Waals surface area contributed by atoms with E-state index in [1.54, 1.807) is 11.3 Å². The first kappa shape index (κ1) is 21.5. The molecule has 4 rings (SSSR count). The molecule has 1 aliphatic rings. The Morgan fingerprint density at radius 1 is 1.20 bits per heavy atom. The van der Waals surface area contributed by atoms with Crippen LogP contribution in [0.3, 0.4) is 0 Å². The quantitative estimate of drug-likeness (QED) is 0.333. The van der Waals surface area contributed by atoms with E-state index in [2.05, 4.69) is 83.5 Å². The van der Waals surface area contributed by atoms with Gasteiger partial charge >= 0.3 is 0 Å². The van der Waals surface area contributed by atoms with Crippen LogP contribution in [-0.2, 0) is 11.3 Å². The van der Waals surface area contributed by atoms with E-state index in [0.717, 1.165) is 47.9 Å². The molecular formula is C23H26IN3O2S. The molecule has 2 atom stereocenters. The highest BCUT2D eigenvalue weighted by atomic mass is 127. The minimum atomic E-state index is 0.0928. The highest BCUT2D eigenvalue weighted by molar-refractivity contribution is 14.1. The first-order chi connectivity index (χ1) is 14.4. The first-order valence-electron chi connectivity index (χ1n) is 10.2. The highest BCUT2D eigenvalue weighted by Crippen LogP contribution is 2.32. The van der Waals surface area contributed by atoms with Gasteiger partial charge in [0.05, 0.1) is 10.2 Å². The Morgan fingerprint density at radius 2 is 1.97 bits per heavy atom. The fourth-order valence-electron chi connectivity index (χ4n) is 4.19. The van der Waals surface area contributed by atoms with Crippen molar-refractivity contribution in [2.24, 2.45) is 0 Å². The number of carbonyl (C=O) groups excluding carboxylic acids is 1. The van der Waals surface area contributed by atoms with Crippen molar-refractivity contribution in [1.82, 2.24) is 9.88 Å². The van der Waals surface area contributed by atoms with Crippen molar-refractivity contribution in [2.45, 2.75) is 39.4 Å². The van der Waals surface area contributed by atoms with Crippen molar-refractivity contribution in [2.75, 3.05) is 24.6 Å². The van der Waals surface area contributed by atoms with Gasteiger partial charge in [-0.25, -0.2) is 4.98 Å². The zero-order chi connectivity index (χ0) is 21.3. The van der Waals surface area contributed by atoms with E-state index < -0.39 is 0 Å². The number of ether oxygens (including phenoxy) is 1. The van der Waals surface area contributed by atoms with E-state index in [0.29, 0.717) is 12.1 Å². The molecule has 1 aliphatic heterocycles. The third-order valence-corrected chi connectivity index (χ3v) is 7.26. The van der Waals surface area contributed by atoms with Gasteiger partial charge in [-0.2, -0.15) is 0 Å². The van der Waals surface area contributed by atoms with Crippen molar-refractivity contribution in [3.05, 3.63) is 51.1 Å². The van der Waals surface area contributed by atoms with Crippen LogP contribution >= 0.6 is 33.9 Å². The largest absolute Gasteiger partial charge is 0.486 e. The molecule has 0 saturated carbocycles. The maximum absolute atomic E-state index is 10.6. The topological polar surface area (TPSA) is 45.7 Å². The van der Waals surface area contributed by atoms with E-state index in [-0.39, 0.29) is 6.61 Å². The summed E-state index contributed by atoms with van der Waals surface area (Å²) >= 11 is 4.14. The van der Waals surface area contributed by atoms with Gasteiger partial charge in [-0.1, -0.05) is 17.4 Å². The number of rotatable bonds is 6. The van der Waals surface area contributed by atoms with Crippen LogP contribution in [0.5, 0.6) is 5.75 Å². The average molecular weight is 535 g/mol. The third kappa shape index (κ3) is 4.78. The third-order valence-electron chi connectivity index (χ3n) is 5.51. The molecule has 3 aromatic rings. The second-order valence-electron chi connectivity index (χ2n) is 8.02. The van der Waals surface area contributed by atoms with Gasteiger partial charge in [-0.3, -0.25) is 9.69 Å². The maximum atomic E-state index is 10.6. The van der Waals surface area contributed by atoms with Gasteiger partial charge < -0.3 is 9.64 Å². The van der Waals surface area contributed by atoms with E-state index in [4.69, 9.17) is 9.72 Å². The summed E-state index contributed by atoms with van der Waals surface area (Å²) in [6, 6.07) is 13.5. The van der Waals surface area contributed by atoms with E-state index in [9.17, 15) is 4.79 Å². The molecule has 30 heavy (non-hydrogen) atoms. The van der Waals surface area contributed by atoms with Gasteiger partial charge in [0.15, 0.2) is 11.4 Å². The number of halogens is 1. The number of nitrogens with zero attached hydrogens (tertiary/aromatic N) is 3. The number of fused-ring (bicyclic) bond motifs is 1. The zero-order valence-electron chi connectivity index (χ0n) is 17.5. The molecule has 0 spiro atoms. The van der Waals surface area contributed by atoms with Crippen LogP contribution in [-0.4, -0.2) is 48.0 Å². The molecule has 2 aromatic carbocycles. The molecule has 0 bridgehead atoms. The minimum Gasteiger partial charge on any atom is -0.486 e. The Kier molecular flexibility index (Phi) is 6.60. The van der Waals surface area contributed by atoms with E-state index >= 15 is 0 Å². The lowest BCUT2D eigenvalue weighted by atomic mass is 10.0. The maximum Gasteiger partial charge on any atom is 0.186 e. The number of anilines is 1. The van der Waals surface area contributed by atoms with Crippen molar-refractivity contribution in [3.8, 4) is 5.75 Å². The fraction of sp³-hybridized carbons (Fsp3) is 0.391. The van der Waals surface area contributed by atoms with Gasteiger partial charge in [-0.05, 0) is 84.8 Å². The molecule has 5 nitrogen and oxygen atoms in total. The van der Waals surface area contributed by atoms with E-state index in [1.807, 2.05) is 6.07 Å². The van der Waals surface area contributed by atoms with Crippen LogP contribution in [0.1, 0.15) is 25.0 Å². The van der Waals surface area contributed by atoms with Gasteiger partial charge in [0.25, 0.3) is 0 Å². The molecule has 0 aliphatic carbocycles. The summed E-state index contributed by atoms with van der Waals surface area (Å²) < 4.78 is 8.03. The number of benzene rings is 2. The van der Waals surface area contributed by atoms with Crippen LogP contribution in [0.2, 0.25) is 0 Å². The summed E-state index contributed by atoms with van der Waals surface area (Å²) in [4.78, 5) is 20.5. The molecule has 0 amide bonds. The summed E-state index contributed by atoms with van der Waals surface area (Å²) in [7, 11) is 0. The summed E-state index contributed by atoms with van der Waals surface area (Å²) in [5.74, 6) is 0.764. The number of aryl methyl sites for hydroxylation is 1. The number of hydrogen-bond acceptors (Lipinski definition) is 6. The summed E-state index contributed by atoms with van der Waals surface area (Å²) in [6.45, 7) is 9.53. The highest BCUT2D eigenvalue weighted by Gasteiger charge is 2.31.